The molecule has 3 unspecified atom stereocenters. The number of rotatable bonds is 52. The van der Waals surface area contributed by atoms with Gasteiger partial charge in [-0.05, 0) is 70.6 Å². The number of unbranched alkanes of at least 4 members (excludes halogenated alkanes) is 31. The third kappa shape index (κ3) is 52.0. The molecule has 8 nitrogen and oxygen atoms in total. The molecule has 9 heteroatoms. The van der Waals surface area contributed by atoms with Crippen molar-refractivity contribution in [3.05, 3.63) is 60.8 Å². The van der Waals surface area contributed by atoms with Crippen LogP contribution in [0.4, 0.5) is 0 Å². The highest BCUT2D eigenvalue weighted by Crippen LogP contribution is 2.43. The van der Waals surface area contributed by atoms with Gasteiger partial charge in [0, 0.05) is 6.42 Å². The summed E-state index contributed by atoms with van der Waals surface area (Å²) in [7, 11) is 1.56. The number of allylic oxidation sites excluding steroid dienone is 9. The van der Waals surface area contributed by atoms with E-state index < -0.39 is 20.0 Å². The van der Waals surface area contributed by atoms with E-state index in [1.807, 2.05) is 27.2 Å². The van der Waals surface area contributed by atoms with Crippen molar-refractivity contribution in [2.75, 3.05) is 40.9 Å². The lowest BCUT2D eigenvalue weighted by Gasteiger charge is -2.25. The number of carbonyl (C=O) groups excluding carboxylic acids is 1. The van der Waals surface area contributed by atoms with Crippen molar-refractivity contribution in [1.29, 1.82) is 0 Å². The molecule has 0 saturated heterocycles. The minimum absolute atomic E-state index is 0.0553. The minimum atomic E-state index is -4.35. The first kappa shape index (κ1) is 66.2. The van der Waals surface area contributed by atoms with Crippen molar-refractivity contribution >= 4 is 13.7 Å². The fourth-order valence-corrected chi connectivity index (χ4v) is 8.92. The van der Waals surface area contributed by atoms with E-state index in [4.69, 9.17) is 9.05 Å². The average Bonchev–Trinajstić information content (AvgIpc) is 3.30. The molecule has 3 atom stereocenters. The summed E-state index contributed by atoms with van der Waals surface area (Å²) in [5, 5.41) is 13.9. The lowest BCUT2D eigenvalue weighted by atomic mass is 10.0. The van der Waals surface area contributed by atoms with Crippen LogP contribution in [0.2, 0.25) is 0 Å². The Labute approximate surface area is 422 Å². The Kier molecular flexibility index (Phi) is 48.8. The van der Waals surface area contributed by atoms with E-state index >= 15 is 0 Å². The molecule has 0 bridgehead atoms. The Morgan fingerprint density at radius 1 is 0.500 bits per heavy atom. The number of quaternary nitrogens is 1. The zero-order valence-electron chi connectivity index (χ0n) is 45.3. The summed E-state index contributed by atoms with van der Waals surface area (Å²) in [6, 6.07) is -0.864. The van der Waals surface area contributed by atoms with Crippen molar-refractivity contribution in [3.8, 4) is 0 Å². The Balaban J connectivity index is 4.12. The normalized spacial score (nSPS) is 14.4. The molecule has 68 heavy (non-hydrogen) atoms. The molecular formula is C59H112N2O6P+. The molecule has 0 aromatic heterocycles. The molecule has 0 aliphatic rings. The van der Waals surface area contributed by atoms with Gasteiger partial charge in [0.15, 0.2) is 0 Å². The monoisotopic (exact) mass is 976 g/mol. The van der Waals surface area contributed by atoms with E-state index in [1.54, 1.807) is 6.08 Å². The fraction of sp³-hybridized carbons (Fsp3) is 0.814. The number of amides is 1. The number of phosphoric acid groups is 1. The van der Waals surface area contributed by atoms with Gasteiger partial charge in [-0.25, -0.2) is 4.57 Å². The highest BCUT2D eigenvalue weighted by atomic mass is 31.2. The third-order valence-electron chi connectivity index (χ3n) is 12.7. The maximum atomic E-state index is 13.0. The highest BCUT2D eigenvalue weighted by molar-refractivity contribution is 7.47. The minimum Gasteiger partial charge on any atom is -0.387 e. The number of likely N-dealkylation sites (N-methyl/N-ethyl adjacent to an activating group) is 1. The lowest BCUT2D eigenvalue weighted by Crippen LogP contribution is -2.45. The summed E-state index contributed by atoms with van der Waals surface area (Å²) in [6.45, 7) is 4.79. The topological polar surface area (TPSA) is 105 Å². The average molecular weight is 977 g/mol. The number of aliphatic hydroxyl groups is 1. The van der Waals surface area contributed by atoms with Crippen molar-refractivity contribution in [1.82, 2.24) is 5.32 Å². The number of phosphoric ester groups is 1. The SMILES string of the molecule is CCCCCCC/C=C\C/C=C\C/C=C\CCCCCCCCCCCCCCCCCCC(=O)NC(COP(=O)(O)OCC[N+](C)(C)C)C(O)/C=C/CC/C=C/CCCCCCCCCCC. The van der Waals surface area contributed by atoms with Gasteiger partial charge in [0.1, 0.15) is 13.2 Å². The Morgan fingerprint density at radius 3 is 1.28 bits per heavy atom. The molecule has 0 radical (unpaired) electrons. The summed E-state index contributed by atoms with van der Waals surface area (Å²) in [4.78, 5) is 23.3. The van der Waals surface area contributed by atoms with Crippen molar-refractivity contribution in [2.24, 2.45) is 0 Å². The first-order valence-corrected chi connectivity index (χ1v) is 30.2. The van der Waals surface area contributed by atoms with E-state index in [9.17, 15) is 19.4 Å². The van der Waals surface area contributed by atoms with E-state index in [2.05, 4.69) is 67.8 Å². The fourth-order valence-electron chi connectivity index (χ4n) is 8.18. The van der Waals surface area contributed by atoms with Crippen LogP contribution < -0.4 is 5.32 Å². The Hall–Kier alpha value is -1.80. The molecule has 3 N–H and O–H groups in total. The maximum absolute atomic E-state index is 13.0. The Bertz CT molecular complexity index is 1290. The van der Waals surface area contributed by atoms with E-state index in [-0.39, 0.29) is 19.1 Å². The van der Waals surface area contributed by atoms with Crippen LogP contribution >= 0.6 is 7.82 Å². The zero-order valence-corrected chi connectivity index (χ0v) is 46.2. The lowest BCUT2D eigenvalue weighted by molar-refractivity contribution is -0.870. The van der Waals surface area contributed by atoms with Crippen LogP contribution in [0, 0.1) is 0 Å². The summed E-state index contributed by atoms with van der Waals surface area (Å²) >= 11 is 0. The smallest absolute Gasteiger partial charge is 0.387 e. The molecule has 1 amide bonds. The van der Waals surface area contributed by atoms with Gasteiger partial charge >= 0.3 is 7.82 Å². The first-order chi connectivity index (χ1) is 33.0. The molecule has 0 fully saturated rings. The number of aliphatic hydroxyl groups excluding tert-OH is 1. The molecule has 0 aromatic rings. The van der Waals surface area contributed by atoms with Gasteiger partial charge in [-0.1, -0.05) is 242 Å². The predicted octanol–water partition coefficient (Wildman–Crippen LogP) is 17.3. The summed E-state index contributed by atoms with van der Waals surface area (Å²) < 4.78 is 23.7. The summed E-state index contributed by atoms with van der Waals surface area (Å²) in [5.41, 5.74) is 0. The Morgan fingerprint density at radius 2 is 0.853 bits per heavy atom. The van der Waals surface area contributed by atoms with Crippen molar-refractivity contribution in [2.45, 2.75) is 270 Å². The molecule has 0 saturated carbocycles. The molecule has 0 spiro atoms. The van der Waals surface area contributed by atoms with Crippen LogP contribution in [-0.4, -0.2) is 73.4 Å². The third-order valence-corrected chi connectivity index (χ3v) is 13.7. The van der Waals surface area contributed by atoms with Crippen molar-refractivity contribution in [3.63, 3.8) is 0 Å². The van der Waals surface area contributed by atoms with Gasteiger partial charge in [-0.3, -0.25) is 13.8 Å². The number of carbonyl (C=O) groups is 1. The van der Waals surface area contributed by atoms with E-state index in [0.29, 0.717) is 17.4 Å². The van der Waals surface area contributed by atoms with Gasteiger partial charge in [0.05, 0.1) is 39.9 Å². The van der Waals surface area contributed by atoms with Gasteiger partial charge in [0.2, 0.25) is 5.91 Å². The van der Waals surface area contributed by atoms with Crippen LogP contribution in [-0.2, 0) is 18.4 Å². The molecule has 0 aliphatic carbocycles. The number of hydrogen-bond donors (Lipinski definition) is 3. The van der Waals surface area contributed by atoms with E-state index in [0.717, 1.165) is 51.4 Å². The molecule has 0 aliphatic heterocycles. The van der Waals surface area contributed by atoms with E-state index in [1.165, 1.54) is 186 Å². The number of hydrogen-bond acceptors (Lipinski definition) is 5. The number of nitrogens with one attached hydrogen (secondary N) is 1. The second kappa shape index (κ2) is 50.2. The van der Waals surface area contributed by atoms with Gasteiger partial charge in [-0.2, -0.15) is 0 Å². The zero-order chi connectivity index (χ0) is 49.9. The summed E-state index contributed by atoms with van der Waals surface area (Å²) in [6.07, 6.45) is 67.6. The highest BCUT2D eigenvalue weighted by Gasteiger charge is 2.27. The molecular weight excluding hydrogens is 864 g/mol. The van der Waals surface area contributed by atoms with Crippen LogP contribution in [0.25, 0.3) is 0 Å². The van der Waals surface area contributed by atoms with Crippen LogP contribution in [0.1, 0.15) is 258 Å². The van der Waals surface area contributed by atoms with Gasteiger partial charge in [-0.15, -0.1) is 0 Å². The molecule has 0 rings (SSSR count). The number of nitrogens with zero attached hydrogens (tertiary/aromatic N) is 1. The van der Waals surface area contributed by atoms with Crippen LogP contribution in [0.15, 0.2) is 60.8 Å². The second-order valence-electron chi connectivity index (χ2n) is 20.7. The van der Waals surface area contributed by atoms with Crippen LogP contribution in [0.5, 0.6) is 0 Å². The standard InChI is InChI=1S/C59H111N2O6P/c1-6-8-10-12-14-16-18-20-22-23-24-25-26-27-28-29-30-31-32-33-34-35-36-37-39-41-43-45-47-49-51-53-59(63)60-57(56-67-68(64,65)66-55-54-61(3,4)5)58(62)52-50-48-46-44-42-40-38-21-19-17-15-13-11-9-7-2/h18,20,23-24,26-27,42,44,50,52,57-58,62H,6-17,19,21-22,25,28-41,43,45-49,51,53-56H2,1-5H3,(H-,60,63,64,65)/p+1/b20-18-,24-23-,27-26-,44-42+,52-50+. The largest absolute Gasteiger partial charge is 0.472 e. The molecule has 0 heterocycles. The first-order valence-electron chi connectivity index (χ1n) is 28.7. The predicted molar refractivity (Wildman–Crippen MR) is 295 cm³/mol. The summed E-state index contributed by atoms with van der Waals surface area (Å²) in [5.74, 6) is -0.187. The molecule has 398 valence electrons. The maximum Gasteiger partial charge on any atom is 0.472 e. The van der Waals surface area contributed by atoms with Gasteiger partial charge < -0.3 is 19.8 Å². The van der Waals surface area contributed by atoms with Crippen LogP contribution in [0.3, 0.4) is 0 Å². The second-order valence-corrected chi connectivity index (χ2v) is 22.1. The quantitative estimate of drug-likeness (QED) is 0.0243. The molecule has 0 aromatic carbocycles. The van der Waals surface area contributed by atoms with Gasteiger partial charge in [0.25, 0.3) is 0 Å². The van der Waals surface area contributed by atoms with Crippen molar-refractivity contribution < 1.29 is 32.9 Å².